The van der Waals surface area contributed by atoms with E-state index in [4.69, 9.17) is 0 Å². The summed E-state index contributed by atoms with van der Waals surface area (Å²) in [5, 5.41) is 20.1. The number of thioether (sulfide) groups is 1. The maximum Gasteiger partial charge on any atom is 0.246 e. The highest BCUT2D eigenvalue weighted by atomic mass is 32.2. The molecule has 3 atom stereocenters. The van der Waals surface area contributed by atoms with Gasteiger partial charge in [-0.05, 0) is 41.2 Å². The topological polar surface area (TPSA) is 133 Å². The molecule has 1 aromatic heterocycles. The summed E-state index contributed by atoms with van der Waals surface area (Å²) in [5.41, 5.74) is 2.02. The predicted molar refractivity (Wildman–Crippen MR) is 138 cm³/mol. The van der Waals surface area contributed by atoms with Crippen molar-refractivity contribution >= 4 is 42.1 Å². The molecule has 2 heterocycles. The molecule has 0 saturated heterocycles. The Morgan fingerprint density at radius 2 is 1.97 bits per heavy atom. The van der Waals surface area contributed by atoms with Crippen molar-refractivity contribution in [3.05, 3.63) is 41.2 Å². The quantitative estimate of drug-likeness (QED) is 0.331. The van der Waals surface area contributed by atoms with Crippen LogP contribution in [-0.2, 0) is 27.3 Å². The Labute approximate surface area is 215 Å². The van der Waals surface area contributed by atoms with Crippen LogP contribution in [0.3, 0.4) is 0 Å². The van der Waals surface area contributed by atoms with E-state index in [0.717, 1.165) is 16.9 Å². The lowest BCUT2D eigenvalue weighted by molar-refractivity contribution is -0.145. The number of carbonyl (C=O) groups is 3. The van der Waals surface area contributed by atoms with Crippen molar-refractivity contribution in [3.63, 3.8) is 0 Å². The van der Waals surface area contributed by atoms with Crippen molar-refractivity contribution in [2.75, 3.05) is 17.8 Å². The highest BCUT2D eigenvalue weighted by Crippen LogP contribution is 2.26. The van der Waals surface area contributed by atoms with Crippen molar-refractivity contribution in [3.8, 4) is 0 Å². The van der Waals surface area contributed by atoms with Gasteiger partial charge in [0.05, 0.1) is 6.04 Å². The SMILES string of the molecule is CSCCC(NC(=O)C1Cc2ccccc2CN1C(=O)[C@@H](NC(=O)CCS)C(C)C)c1nn[nH]n1. The first-order valence-corrected chi connectivity index (χ1v) is 13.7. The molecule has 1 aromatic carbocycles. The van der Waals surface area contributed by atoms with Crippen LogP contribution in [0.25, 0.3) is 0 Å². The molecule has 0 fully saturated rings. The third-order valence-electron chi connectivity index (χ3n) is 6.02. The van der Waals surface area contributed by atoms with Gasteiger partial charge < -0.3 is 15.5 Å². The molecule has 3 N–H and O–H groups in total. The van der Waals surface area contributed by atoms with E-state index in [1.807, 2.05) is 44.4 Å². The zero-order valence-corrected chi connectivity index (χ0v) is 21.9. The number of aromatic nitrogens is 4. The summed E-state index contributed by atoms with van der Waals surface area (Å²) in [6.45, 7) is 4.05. The minimum absolute atomic E-state index is 0.152. The van der Waals surface area contributed by atoms with E-state index in [1.165, 1.54) is 0 Å². The Morgan fingerprint density at radius 3 is 2.60 bits per heavy atom. The van der Waals surface area contributed by atoms with E-state index in [-0.39, 0.29) is 36.6 Å². The second-order valence-corrected chi connectivity index (χ2v) is 10.3. The van der Waals surface area contributed by atoms with Gasteiger partial charge in [0.25, 0.3) is 0 Å². The normalized spacial score (nSPS) is 16.9. The number of aromatic amines is 1. The van der Waals surface area contributed by atoms with Crippen LogP contribution in [0.5, 0.6) is 0 Å². The molecular formula is C23H33N7O3S2. The molecule has 0 bridgehead atoms. The van der Waals surface area contributed by atoms with Gasteiger partial charge in [0.1, 0.15) is 12.1 Å². The average Bonchev–Trinajstić information content (AvgIpc) is 3.38. The number of fused-ring (bicyclic) bond motifs is 1. The summed E-state index contributed by atoms with van der Waals surface area (Å²) < 4.78 is 0. The zero-order chi connectivity index (χ0) is 25.4. The van der Waals surface area contributed by atoms with Gasteiger partial charge in [-0.1, -0.05) is 43.3 Å². The number of rotatable bonds is 11. The number of amides is 3. The highest BCUT2D eigenvalue weighted by molar-refractivity contribution is 7.98. The summed E-state index contributed by atoms with van der Waals surface area (Å²) in [4.78, 5) is 41.3. The van der Waals surface area contributed by atoms with Gasteiger partial charge in [-0.15, -0.1) is 10.2 Å². The number of carbonyl (C=O) groups excluding carboxylic acids is 3. The molecule has 0 spiro atoms. The van der Waals surface area contributed by atoms with Crippen molar-refractivity contribution in [1.29, 1.82) is 0 Å². The van der Waals surface area contributed by atoms with E-state index in [2.05, 4.69) is 43.9 Å². The standard InChI is InChI=1S/C23H33N7O3S2/c1-14(2)20(25-19(31)8-10-34)23(33)30-13-16-7-5-4-6-15(16)12-18(30)22(32)24-17(9-11-35-3)21-26-28-29-27-21/h4-7,14,17-18,20,34H,8-13H2,1-3H3,(H,24,32)(H,25,31)(H,26,27,28,29)/t17?,18?,20-/m0/s1. The molecule has 2 aromatic rings. The van der Waals surface area contributed by atoms with E-state index < -0.39 is 18.1 Å². The lowest BCUT2D eigenvalue weighted by Gasteiger charge is -2.39. The fourth-order valence-corrected chi connectivity index (χ4v) is 4.79. The minimum atomic E-state index is -0.743. The van der Waals surface area contributed by atoms with Crippen molar-refractivity contribution < 1.29 is 14.4 Å². The molecule has 2 unspecified atom stereocenters. The van der Waals surface area contributed by atoms with Gasteiger partial charge in [-0.3, -0.25) is 14.4 Å². The second-order valence-electron chi connectivity index (χ2n) is 8.83. The van der Waals surface area contributed by atoms with Crippen LogP contribution < -0.4 is 10.6 Å². The molecule has 1 aliphatic heterocycles. The van der Waals surface area contributed by atoms with Crippen LogP contribution in [-0.4, -0.2) is 73.1 Å². The Bertz CT molecular complexity index is 1000. The number of thiol groups is 1. The third-order valence-corrected chi connectivity index (χ3v) is 6.89. The van der Waals surface area contributed by atoms with E-state index in [0.29, 0.717) is 24.4 Å². The molecule has 0 saturated carbocycles. The molecule has 1 aliphatic rings. The first-order valence-electron chi connectivity index (χ1n) is 11.7. The second kappa shape index (κ2) is 12.9. The van der Waals surface area contributed by atoms with Gasteiger partial charge in [0.15, 0.2) is 5.82 Å². The van der Waals surface area contributed by atoms with E-state index >= 15 is 0 Å². The first kappa shape index (κ1) is 27.0. The number of hydrogen-bond acceptors (Lipinski definition) is 8. The largest absolute Gasteiger partial charge is 0.344 e. The Morgan fingerprint density at radius 1 is 1.23 bits per heavy atom. The lowest BCUT2D eigenvalue weighted by atomic mass is 9.91. The zero-order valence-electron chi connectivity index (χ0n) is 20.2. The fraction of sp³-hybridized carbons (Fsp3) is 0.565. The first-order chi connectivity index (χ1) is 16.8. The summed E-state index contributed by atoms with van der Waals surface area (Å²) in [6.07, 6.45) is 3.21. The number of tetrazole rings is 1. The average molecular weight is 520 g/mol. The van der Waals surface area contributed by atoms with Crippen molar-refractivity contribution in [1.82, 2.24) is 36.2 Å². The Kier molecular flexibility index (Phi) is 9.96. The molecule has 190 valence electrons. The molecule has 0 aliphatic carbocycles. The van der Waals surface area contributed by atoms with Gasteiger partial charge in [0.2, 0.25) is 17.7 Å². The van der Waals surface area contributed by atoms with Crippen LogP contribution in [0.4, 0.5) is 0 Å². The van der Waals surface area contributed by atoms with Crippen LogP contribution in [0.2, 0.25) is 0 Å². The number of hydrogen-bond donors (Lipinski definition) is 4. The molecule has 3 amide bonds. The smallest absolute Gasteiger partial charge is 0.246 e. The summed E-state index contributed by atoms with van der Waals surface area (Å²) >= 11 is 5.77. The molecule has 0 radical (unpaired) electrons. The maximum absolute atomic E-state index is 13.8. The Hall–Kier alpha value is -2.60. The number of H-pyrrole nitrogens is 1. The number of benzene rings is 1. The molecule has 12 heteroatoms. The van der Waals surface area contributed by atoms with Gasteiger partial charge in [-0.25, -0.2) is 0 Å². The number of nitrogens with zero attached hydrogens (tertiary/aromatic N) is 4. The Balaban J connectivity index is 1.88. The van der Waals surface area contributed by atoms with Crippen LogP contribution in [0.1, 0.15) is 49.7 Å². The molecule has 10 nitrogen and oxygen atoms in total. The van der Waals surface area contributed by atoms with Gasteiger partial charge in [0, 0.05) is 19.4 Å². The summed E-state index contributed by atoms with van der Waals surface area (Å²) in [5.74, 6) is 0.638. The van der Waals surface area contributed by atoms with E-state index in [1.54, 1.807) is 16.7 Å². The molecule has 35 heavy (non-hydrogen) atoms. The van der Waals surface area contributed by atoms with Crippen molar-refractivity contribution in [2.24, 2.45) is 5.92 Å². The summed E-state index contributed by atoms with van der Waals surface area (Å²) in [7, 11) is 0. The van der Waals surface area contributed by atoms with Gasteiger partial charge >= 0.3 is 0 Å². The van der Waals surface area contributed by atoms with Gasteiger partial charge in [-0.2, -0.15) is 29.6 Å². The fourth-order valence-electron chi connectivity index (χ4n) is 4.11. The van der Waals surface area contributed by atoms with Crippen LogP contribution in [0, 0.1) is 5.92 Å². The monoisotopic (exact) mass is 519 g/mol. The van der Waals surface area contributed by atoms with E-state index in [9.17, 15) is 14.4 Å². The lowest BCUT2D eigenvalue weighted by Crippen LogP contribution is -2.59. The highest BCUT2D eigenvalue weighted by Gasteiger charge is 2.39. The number of nitrogens with one attached hydrogen (secondary N) is 3. The molecule has 3 rings (SSSR count). The summed E-state index contributed by atoms with van der Waals surface area (Å²) in [6, 6.07) is 5.89. The minimum Gasteiger partial charge on any atom is -0.344 e. The van der Waals surface area contributed by atoms with Crippen LogP contribution >= 0.6 is 24.4 Å². The predicted octanol–water partition coefficient (Wildman–Crippen LogP) is 1.52. The van der Waals surface area contributed by atoms with Crippen molar-refractivity contribution in [2.45, 2.75) is 57.8 Å². The molecular weight excluding hydrogens is 486 g/mol. The van der Waals surface area contributed by atoms with Crippen LogP contribution in [0.15, 0.2) is 24.3 Å². The maximum atomic E-state index is 13.8. The third kappa shape index (κ3) is 6.97.